The Balaban J connectivity index is 1.59. The molecule has 2 aliphatic carbocycles. The second-order valence-corrected chi connectivity index (χ2v) is 6.55. The van der Waals surface area contributed by atoms with Gasteiger partial charge in [-0.15, -0.1) is 0 Å². The van der Waals surface area contributed by atoms with Crippen molar-refractivity contribution in [1.82, 2.24) is 10.2 Å². The van der Waals surface area contributed by atoms with E-state index in [0.29, 0.717) is 26.0 Å². The second-order valence-electron chi connectivity index (χ2n) is 6.55. The van der Waals surface area contributed by atoms with Gasteiger partial charge in [0, 0.05) is 13.1 Å². The summed E-state index contributed by atoms with van der Waals surface area (Å²) < 4.78 is 5.70. The highest BCUT2D eigenvalue weighted by molar-refractivity contribution is 5.78. The number of hydrogen-bond donors (Lipinski definition) is 2. The Bertz CT molecular complexity index is 420. The van der Waals surface area contributed by atoms with Gasteiger partial charge in [-0.2, -0.15) is 0 Å². The number of morpholine rings is 1. The fourth-order valence-corrected chi connectivity index (χ4v) is 4.04. The summed E-state index contributed by atoms with van der Waals surface area (Å²) in [6.07, 6.45) is 6.47. The van der Waals surface area contributed by atoms with Gasteiger partial charge >= 0.3 is 12.0 Å². The third kappa shape index (κ3) is 2.73. The lowest BCUT2D eigenvalue weighted by Crippen LogP contribution is -2.56. The van der Waals surface area contributed by atoms with E-state index in [1.54, 1.807) is 0 Å². The summed E-state index contributed by atoms with van der Waals surface area (Å²) in [4.78, 5) is 25.8. The van der Waals surface area contributed by atoms with Crippen molar-refractivity contribution in [2.24, 2.45) is 5.41 Å². The lowest BCUT2D eigenvalue weighted by atomic mass is 9.86. The van der Waals surface area contributed by atoms with Crippen molar-refractivity contribution >= 4 is 12.0 Å². The molecule has 118 valence electrons. The molecule has 2 unspecified atom stereocenters. The van der Waals surface area contributed by atoms with E-state index in [9.17, 15) is 14.7 Å². The van der Waals surface area contributed by atoms with E-state index in [1.165, 1.54) is 0 Å². The van der Waals surface area contributed by atoms with Crippen LogP contribution in [0.2, 0.25) is 0 Å². The van der Waals surface area contributed by atoms with E-state index in [4.69, 9.17) is 4.74 Å². The zero-order valence-electron chi connectivity index (χ0n) is 12.3. The number of fused-ring (bicyclic) bond motifs is 1. The molecule has 6 heteroatoms. The Kier molecular flexibility index (Phi) is 4.06. The van der Waals surface area contributed by atoms with Crippen molar-refractivity contribution in [3.05, 3.63) is 0 Å². The van der Waals surface area contributed by atoms with Crippen LogP contribution in [0.25, 0.3) is 0 Å². The normalized spacial score (nSPS) is 31.0. The standard InChI is InChI=1S/C15H24N2O4/c18-13(19)15(6-1-2-7-15)10-16-14(20)17-8-9-21-12-5-3-4-11(12)17/h11-12H,1-10H2,(H,16,20)(H,18,19). The zero-order chi connectivity index (χ0) is 14.9. The first-order chi connectivity index (χ1) is 10.1. The van der Waals surface area contributed by atoms with E-state index in [-0.39, 0.29) is 24.7 Å². The molecule has 3 aliphatic rings. The molecule has 3 fully saturated rings. The van der Waals surface area contributed by atoms with Gasteiger partial charge in [-0.3, -0.25) is 4.79 Å². The minimum atomic E-state index is -0.777. The minimum Gasteiger partial charge on any atom is -0.481 e. The number of carboxylic acids is 1. The molecule has 0 bridgehead atoms. The summed E-state index contributed by atoms with van der Waals surface area (Å²) >= 11 is 0. The van der Waals surface area contributed by atoms with Gasteiger partial charge in [-0.05, 0) is 32.1 Å². The number of aliphatic carboxylic acids is 1. The maximum atomic E-state index is 12.4. The number of carbonyl (C=O) groups excluding carboxylic acids is 1. The highest BCUT2D eigenvalue weighted by Crippen LogP contribution is 2.38. The van der Waals surface area contributed by atoms with Gasteiger partial charge in [0.25, 0.3) is 0 Å². The van der Waals surface area contributed by atoms with E-state index >= 15 is 0 Å². The van der Waals surface area contributed by atoms with Crippen molar-refractivity contribution in [3.63, 3.8) is 0 Å². The molecule has 0 aromatic heterocycles. The van der Waals surface area contributed by atoms with E-state index < -0.39 is 11.4 Å². The van der Waals surface area contributed by atoms with Gasteiger partial charge in [-0.1, -0.05) is 12.8 Å². The summed E-state index contributed by atoms with van der Waals surface area (Å²) in [7, 11) is 0. The molecule has 21 heavy (non-hydrogen) atoms. The number of hydrogen-bond acceptors (Lipinski definition) is 3. The first-order valence-corrected chi connectivity index (χ1v) is 8.02. The Morgan fingerprint density at radius 3 is 2.71 bits per heavy atom. The van der Waals surface area contributed by atoms with Crippen molar-refractivity contribution in [2.45, 2.75) is 57.1 Å². The van der Waals surface area contributed by atoms with Gasteiger partial charge in [0.05, 0.1) is 24.2 Å². The predicted octanol–water partition coefficient (Wildman–Crippen LogP) is 1.59. The molecular formula is C15H24N2O4. The monoisotopic (exact) mass is 296 g/mol. The van der Waals surface area contributed by atoms with Crippen molar-refractivity contribution < 1.29 is 19.4 Å². The van der Waals surface area contributed by atoms with Crippen molar-refractivity contribution in [3.8, 4) is 0 Å². The summed E-state index contributed by atoms with van der Waals surface area (Å²) in [6.45, 7) is 1.43. The molecule has 3 rings (SSSR count). The van der Waals surface area contributed by atoms with Crippen LogP contribution in [0.15, 0.2) is 0 Å². The average molecular weight is 296 g/mol. The molecule has 0 spiro atoms. The Labute approximate surface area is 124 Å². The second kappa shape index (κ2) is 5.83. The summed E-state index contributed by atoms with van der Waals surface area (Å²) in [5.41, 5.74) is -0.753. The number of amides is 2. The number of nitrogens with zero attached hydrogens (tertiary/aromatic N) is 1. The Morgan fingerprint density at radius 1 is 1.24 bits per heavy atom. The molecule has 2 N–H and O–H groups in total. The molecule has 2 atom stereocenters. The van der Waals surface area contributed by atoms with Gasteiger partial charge in [0.2, 0.25) is 0 Å². The fraction of sp³-hybridized carbons (Fsp3) is 0.867. The molecule has 1 aliphatic heterocycles. The van der Waals surface area contributed by atoms with E-state index in [1.807, 2.05) is 4.90 Å². The van der Waals surface area contributed by atoms with Gasteiger partial charge in [0.1, 0.15) is 0 Å². The molecule has 2 saturated carbocycles. The largest absolute Gasteiger partial charge is 0.481 e. The summed E-state index contributed by atoms with van der Waals surface area (Å²) in [5.74, 6) is -0.777. The number of nitrogens with one attached hydrogen (secondary N) is 1. The van der Waals surface area contributed by atoms with Crippen LogP contribution in [-0.2, 0) is 9.53 Å². The maximum absolute atomic E-state index is 12.4. The van der Waals surface area contributed by atoms with E-state index in [2.05, 4.69) is 5.32 Å². The van der Waals surface area contributed by atoms with E-state index in [0.717, 1.165) is 32.1 Å². The molecule has 6 nitrogen and oxygen atoms in total. The summed E-state index contributed by atoms with van der Waals surface area (Å²) in [6, 6.07) is 0.0471. The molecular weight excluding hydrogens is 272 g/mol. The number of carbonyl (C=O) groups is 2. The summed E-state index contributed by atoms with van der Waals surface area (Å²) in [5, 5.41) is 12.3. The molecule has 2 amide bonds. The minimum absolute atomic E-state index is 0.122. The Morgan fingerprint density at radius 2 is 2.00 bits per heavy atom. The zero-order valence-corrected chi connectivity index (χ0v) is 12.3. The number of carboxylic acid groups (broad SMARTS) is 1. The Hall–Kier alpha value is -1.30. The first-order valence-electron chi connectivity index (χ1n) is 8.02. The first kappa shape index (κ1) is 14.6. The van der Waals surface area contributed by atoms with Crippen molar-refractivity contribution in [2.75, 3.05) is 19.7 Å². The fourth-order valence-electron chi connectivity index (χ4n) is 4.04. The number of urea groups is 1. The maximum Gasteiger partial charge on any atom is 0.317 e. The lowest BCUT2D eigenvalue weighted by molar-refractivity contribution is -0.148. The predicted molar refractivity (Wildman–Crippen MR) is 76.0 cm³/mol. The topological polar surface area (TPSA) is 78.9 Å². The third-order valence-electron chi connectivity index (χ3n) is 5.34. The quantitative estimate of drug-likeness (QED) is 0.829. The van der Waals surface area contributed by atoms with Crippen LogP contribution in [0.5, 0.6) is 0 Å². The van der Waals surface area contributed by atoms with Crippen molar-refractivity contribution in [1.29, 1.82) is 0 Å². The van der Waals surface area contributed by atoms with Gasteiger partial charge in [0.15, 0.2) is 0 Å². The van der Waals surface area contributed by atoms with Crippen LogP contribution in [0.3, 0.4) is 0 Å². The average Bonchev–Trinajstić information content (AvgIpc) is 3.13. The smallest absolute Gasteiger partial charge is 0.317 e. The molecule has 0 aromatic carbocycles. The molecule has 0 radical (unpaired) electrons. The molecule has 1 heterocycles. The number of rotatable bonds is 3. The molecule has 1 saturated heterocycles. The highest BCUT2D eigenvalue weighted by Gasteiger charge is 2.43. The third-order valence-corrected chi connectivity index (χ3v) is 5.34. The van der Waals surface area contributed by atoms with Gasteiger partial charge in [-0.25, -0.2) is 4.79 Å². The van der Waals surface area contributed by atoms with Crippen LogP contribution in [0, 0.1) is 5.41 Å². The van der Waals surface area contributed by atoms with Crippen LogP contribution in [0.4, 0.5) is 4.79 Å². The van der Waals surface area contributed by atoms with Crippen LogP contribution in [0.1, 0.15) is 44.9 Å². The van der Waals surface area contributed by atoms with Crippen LogP contribution < -0.4 is 5.32 Å². The lowest BCUT2D eigenvalue weighted by Gasteiger charge is -2.38. The molecule has 0 aromatic rings. The van der Waals surface area contributed by atoms with Crippen LogP contribution in [-0.4, -0.2) is 53.8 Å². The highest BCUT2D eigenvalue weighted by atomic mass is 16.5. The number of ether oxygens (including phenoxy) is 1. The van der Waals surface area contributed by atoms with Crippen LogP contribution >= 0.6 is 0 Å². The van der Waals surface area contributed by atoms with Gasteiger partial charge < -0.3 is 20.1 Å². The SMILES string of the molecule is O=C(NCC1(C(=O)O)CCCC1)N1CCOC2CCCC21.